The van der Waals surface area contributed by atoms with Gasteiger partial charge in [0.25, 0.3) is 23.6 Å². The number of nitrogens with zero attached hydrogens (tertiary/aromatic N) is 4. The molecule has 6 amide bonds. The second kappa shape index (κ2) is 25.8. The molecule has 35 heteroatoms. The van der Waals surface area contributed by atoms with E-state index in [2.05, 4.69) is 31.9 Å². The van der Waals surface area contributed by atoms with Crippen LogP contribution in [0.3, 0.4) is 0 Å². The molecular weight excluding hydrogens is 1170 g/mol. The van der Waals surface area contributed by atoms with Crippen molar-refractivity contribution in [2.45, 2.75) is 19.6 Å². The normalized spacial score (nSPS) is 11.5. The van der Waals surface area contributed by atoms with Crippen LogP contribution in [0.4, 0.5) is 38.9 Å². The van der Waals surface area contributed by atoms with Crippen LogP contribution in [0.1, 0.15) is 42.0 Å². The van der Waals surface area contributed by atoms with Crippen LogP contribution in [0.25, 0.3) is 21.5 Å². The molecule has 396 valence electrons. The summed E-state index contributed by atoms with van der Waals surface area (Å²) >= 11 is 0. The first kappa shape index (κ1) is 67.8. The van der Waals surface area contributed by atoms with E-state index < -0.39 is 112 Å². The number of carbonyl (C=O) groups is 5. The molecule has 0 fully saturated rings. The predicted octanol–water partition coefficient (Wildman–Crippen LogP) is -8.37. The molecule has 4 aromatic heterocycles. The minimum atomic E-state index is -5.37. The van der Waals surface area contributed by atoms with Crippen molar-refractivity contribution in [3.05, 3.63) is 132 Å². The summed E-state index contributed by atoms with van der Waals surface area (Å²) in [6.45, 7) is 0. The van der Waals surface area contributed by atoms with Gasteiger partial charge in [-0.1, -0.05) is 36.4 Å². The molecule has 0 saturated heterocycles. The zero-order chi connectivity index (χ0) is 55.6. The smallest absolute Gasteiger partial charge is 0.744 e. The van der Waals surface area contributed by atoms with Crippen LogP contribution in [0.2, 0.25) is 0 Å². The van der Waals surface area contributed by atoms with Crippen LogP contribution in [0.5, 0.6) is 0 Å². The molecule has 0 saturated carbocycles. The number of amides is 6. The minimum Gasteiger partial charge on any atom is -0.744 e. The molecule has 27 nitrogen and oxygen atoms in total. The number of hydrogen-bond donors (Lipinski definition) is 6. The van der Waals surface area contributed by atoms with Gasteiger partial charge in [0, 0.05) is 74.5 Å². The van der Waals surface area contributed by atoms with Crippen molar-refractivity contribution >= 4 is 126 Å². The molecule has 4 aromatic carbocycles. The Morgan fingerprint density at radius 2 is 0.637 bits per heavy atom. The van der Waals surface area contributed by atoms with E-state index in [-0.39, 0.29) is 175 Å². The van der Waals surface area contributed by atoms with Crippen molar-refractivity contribution in [1.29, 1.82) is 0 Å². The SMILES string of the molecule is Cn1cc(NC(=O)Nc2cc(C(=O)Nc3cc(C(=O)Nc4ccc5c(S(=O)(=O)[O-])cccc5c4S(=O)(=O)[O-])n(C)c3)n(C)c2)cc1C(=O)Nc1cc(C(=O)Nc2ccc3c(S(=O)(=O)[O-])cccc3c2S(=O)(=O)[O-])n(C)c1.[Na+].[Na+].[Na+].[Na+]. The Morgan fingerprint density at radius 1 is 0.362 bits per heavy atom. The Balaban J connectivity index is 0.00000344. The number of fused-ring (bicyclic) bond motifs is 2. The molecule has 0 bridgehead atoms. The van der Waals surface area contributed by atoms with Gasteiger partial charge in [-0.15, -0.1) is 0 Å². The average Bonchev–Trinajstić information content (AvgIpc) is 4.08. The Hall–Kier alpha value is -4.69. The number of carbonyl (C=O) groups excluding carboxylic acids is 5. The van der Waals surface area contributed by atoms with Gasteiger partial charge in [0.2, 0.25) is 0 Å². The van der Waals surface area contributed by atoms with Crippen LogP contribution in [-0.4, -0.2) is 99.8 Å². The number of nitrogens with one attached hydrogen (secondary N) is 6. The molecule has 0 aliphatic rings. The Morgan fingerprint density at radius 3 is 0.912 bits per heavy atom. The van der Waals surface area contributed by atoms with E-state index in [0.717, 1.165) is 60.7 Å². The second-order valence-corrected chi connectivity index (χ2v) is 22.0. The third kappa shape index (κ3) is 14.7. The summed E-state index contributed by atoms with van der Waals surface area (Å²) in [5.41, 5.74) is -0.788. The molecule has 8 rings (SSSR count). The molecule has 0 aliphatic heterocycles. The van der Waals surface area contributed by atoms with Gasteiger partial charge < -0.3 is 68.4 Å². The molecule has 6 N–H and O–H groups in total. The summed E-state index contributed by atoms with van der Waals surface area (Å²) < 4.78 is 150. The van der Waals surface area contributed by atoms with Crippen molar-refractivity contribution < 1.29 is 194 Å². The summed E-state index contributed by atoms with van der Waals surface area (Å²) in [4.78, 5) is 63.2. The molecule has 0 radical (unpaired) electrons. The van der Waals surface area contributed by atoms with Crippen LogP contribution in [-0.2, 0) is 68.7 Å². The number of aromatic nitrogens is 4. The maximum absolute atomic E-state index is 13.4. The summed E-state index contributed by atoms with van der Waals surface area (Å²) in [6.07, 6.45) is 5.50. The standard InChI is InChI=1S/C45H40N10O17S4.4Na/c1-52-19-23(15-35(52)43(58)50-31-13-11-27-29(39(31)75(67,68)69)7-5-9-37(27)73(61,62)63)46-41(56)33-17-25(21-54(33)3)48-45(60)49-26-18-34(55(4)22-26)42(57)47-24-16-36(53(2)20-24)44(59)51-32-14-12-28-30(40(32)76(70,71)72)8-6-10-38(28)74(64,65)66;;;;/h5-22H,1-4H3,(H,46,56)(H,47,57)(H,50,58)(H,51,59)(H2,48,49,60)(H,61,62,63)(H,64,65,66)(H,67,68,69)(H,70,71,72);;;;/q;4*+1/p-4. The zero-order valence-electron chi connectivity index (χ0n) is 43.3. The van der Waals surface area contributed by atoms with E-state index in [9.17, 15) is 75.9 Å². The molecular formula is C45H36N10Na4O17S4. The maximum Gasteiger partial charge on any atom is 1.00 e. The van der Waals surface area contributed by atoms with Gasteiger partial charge >= 0.3 is 124 Å². The number of benzene rings is 4. The van der Waals surface area contributed by atoms with Gasteiger partial charge in [-0.25, -0.2) is 38.5 Å². The summed E-state index contributed by atoms with van der Waals surface area (Å²) in [7, 11) is -15.1. The van der Waals surface area contributed by atoms with Gasteiger partial charge in [-0.3, -0.25) is 19.2 Å². The topological polar surface area (TPSA) is 406 Å². The van der Waals surface area contributed by atoms with Crippen molar-refractivity contribution in [1.82, 2.24) is 18.3 Å². The van der Waals surface area contributed by atoms with E-state index in [1.807, 2.05) is 0 Å². The van der Waals surface area contributed by atoms with Crippen molar-refractivity contribution in [2.75, 3.05) is 31.9 Å². The number of rotatable bonds is 14. The Labute approximate surface area is 543 Å². The van der Waals surface area contributed by atoms with E-state index in [1.54, 1.807) is 0 Å². The molecule has 0 spiro atoms. The fourth-order valence-electron chi connectivity index (χ4n) is 8.27. The first-order valence-electron chi connectivity index (χ1n) is 21.3. The quantitative estimate of drug-likeness (QED) is 0.0435. The van der Waals surface area contributed by atoms with Crippen molar-refractivity contribution in [3.8, 4) is 0 Å². The zero-order valence-corrected chi connectivity index (χ0v) is 54.5. The number of anilines is 6. The maximum atomic E-state index is 13.4. The Bertz CT molecular complexity index is 4040. The van der Waals surface area contributed by atoms with Gasteiger partial charge in [0.1, 0.15) is 63.2 Å². The summed E-state index contributed by atoms with van der Waals surface area (Å²) in [5.74, 6) is -3.30. The van der Waals surface area contributed by atoms with E-state index >= 15 is 0 Å². The first-order valence-corrected chi connectivity index (χ1v) is 27.0. The van der Waals surface area contributed by atoms with Crippen LogP contribution >= 0.6 is 0 Å². The van der Waals surface area contributed by atoms with Crippen LogP contribution in [0.15, 0.2) is 129 Å². The van der Waals surface area contributed by atoms with Gasteiger partial charge in [-0.2, -0.15) is 0 Å². The summed E-state index contributed by atoms with van der Waals surface area (Å²) in [6, 6.07) is 14.6. The predicted molar refractivity (Wildman–Crippen MR) is 266 cm³/mol. The van der Waals surface area contributed by atoms with Crippen LogP contribution < -0.4 is 150 Å². The van der Waals surface area contributed by atoms with Crippen molar-refractivity contribution in [2.24, 2.45) is 28.2 Å². The summed E-state index contributed by atoms with van der Waals surface area (Å²) in [5, 5.41) is 13.4. The molecule has 0 atom stereocenters. The minimum absolute atomic E-state index is 0. The third-order valence-electron chi connectivity index (χ3n) is 11.5. The second-order valence-electron chi connectivity index (χ2n) is 16.7. The number of urea groups is 1. The van der Waals surface area contributed by atoms with E-state index in [0.29, 0.717) is 0 Å². The van der Waals surface area contributed by atoms with Crippen LogP contribution in [0, 0.1) is 0 Å². The van der Waals surface area contributed by atoms with Gasteiger partial charge in [-0.05, 0) is 48.5 Å². The average molecular weight is 1210 g/mol. The molecule has 0 aliphatic carbocycles. The fraction of sp³-hybridized carbons (Fsp3) is 0.0889. The fourth-order valence-corrected chi connectivity index (χ4v) is 11.3. The van der Waals surface area contributed by atoms with E-state index in [4.69, 9.17) is 0 Å². The molecule has 80 heavy (non-hydrogen) atoms. The number of hydrogen-bond acceptors (Lipinski definition) is 17. The monoisotopic (exact) mass is 1210 g/mol. The van der Waals surface area contributed by atoms with Gasteiger partial charge in [0.15, 0.2) is 0 Å². The molecule has 4 heterocycles. The first-order chi connectivity index (χ1) is 35.4. The van der Waals surface area contributed by atoms with Crippen molar-refractivity contribution in [3.63, 3.8) is 0 Å². The molecule has 8 aromatic rings. The molecule has 0 unspecified atom stereocenters. The van der Waals surface area contributed by atoms with Gasteiger partial charge in [0.05, 0.1) is 53.7 Å². The van der Waals surface area contributed by atoms with E-state index in [1.165, 1.54) is 95.5 Å². The Kier molecular flexibility index (Phi) is 21.9. The number of aryl methyl sites for hydroxylation is 4. The largest absolute Gasteiger partial charge is 1.00 e. The third-order valence-corrected chi connectivity index (χ3v) is 15.1.